The fourth-order valence-electron chi connectivity index (χ4n) is 2.24. The van der Waals surface area contributed by atoms with Crippen molar-refractivity contribution in [2.75, 3.05) is 10.6 Å². The summed E-state index contributed by atoms with van der Waals surface area (Å²) in [6.07, 6.45) is 1.46. The number of halogens is 1. The Morgan fingerprint density at radius 1 is 0.885 bits per heavy atom. The summed E-state index contributed by atoms with van der Waals surface area (Å²) in [6.45, 7) is 0. The van der Waals surface area contributed by atoms with Crippen LogP contribution in [0.3, 0.4) is 0 Å². The van der Waals surface area contributed by atoms with Crippen molar-refractivity contribution in [3.63, 3.8) is 0 Å². The third kappa shape index (κ3) is 4.25. The van der Waals surface area contributed by atoms with E-state index in [9.17, 15) is 14.7 Å². The lowest BCUT2D eigenvalue weighted by Gasteiger charge is -2.09. The van der Waals surface area contributed by atoms with Crippen LogP contribution in [0.2, 0.25) is 0 Å². The molecular weight excluding hydrogens is 398 g/mol. The average molecular weight is 412 g/mol. The molecule has 0 spiro atoms. The summed E-state index contributed by atoms with van der Waals surface area (Å²) in [7, 11) is 0. The molecule has 7 heteroatoms. The number of carbonyl (C=O) groups excluding carboxylic acids is 2. The minimum atomic E-state index is -0.447. The first-order valence-electron chi connectivity index (χ1n) is 7.65. The maximum absolute atomic E-state index is 12.3. The number of anilines is 2. The number of nitrogens with one attached hydrogen (secondary N) is 2. The van der Waals surface area contributed by atoms with E-state index >= 15 is 0 Å². The number of amides is 2. The zero-order chi connectivity index (χ0) is 18.5. The smallest absolute Gasteiger partial charge is 0.256 e. The fourth-order valence-corrected chi connectivity index (χ4v) is 2.64. The van der Waals surface area contributed by atoms with Crippen LogP contribution >= 0.6 is 15.9 Å². The molecule has 1 heterocycles. The van der Waals surface area contributed by atoms with E-state index in [1.54, 1.807) is 48.5 Å². The highest BCUT2D eigenvalue weighted by Crippen LogP contribution is 2.20. The number of carbonyl (C=O) groups is 2. The Balaban J connectivity index is 1.74. The number of aromatic hydroxyl groups is 1. The van der Waals surface area contributed by atoms with Gasteiger partial charge in [-0.2, -0.15) is 0 Å². The highest BCUT2D eigenvalue weighted by Gasteiger charge is 2.12. The Bertz CT molecular complexity index is 976. The van der Waals surface area contributed by atoms with Crippen LogP contribution in [0.15, 0.2) is 71.3 Å². The van der Waals surface area contributed by atoms with E-state index in [-0.39, 0.29) is 17.5 Å². The molecule has 0 saturated carbocycles. The maximum atomic E-state index is 12.3. The van der Waals surface area contributed by atoms with Gasteiger partial charge < -0.3 is 15.7 Å². The molecule has 0 aliphatic carbocycles. The Labute approximate surface area is 158 Å². The fraction of sp³-hybridized carbons (Fsp3) is 0. The molecule has 0 saturated heterocycles. The zero-order valence-electron chi connectivity index (χ0n) is 13.4. The third-order valence-electron chi connectivity index (χ3n) is 3.49. The number of nitrogens with zero attached hydrogens (tertiary/aromatic N) is 1. The molecule has 0 radical (unpaired) electrons. The van der Waals surface area contributed by atoms with Crippen molar-refractivity contribution in [1.82, 2.24) is 4.98 Å². The van der Waals surface area contributed by atoms with Gasteiger partial charge in [0.15, 0.2) is 11.6 Å². The van der Waals surface area contributed by atoms with Gasteiger partial charge in [-0.3, -0.25) is 9.59 Å². The van der Waals surface area contributed by atoms with Gasteiger partial charge in [-0.25, -0.2) is 4.98 Å². The van der Waals surface area contributed by atoms with Gasteiger partial charge in [0.2, 0.25) is 0 Å². The number of benzene rings is 2. The van der Waals surface area contributed by atoms with Crippen LogP contribution in [0.1, 0.15) is 20.7 Å². The first-order chi connectivity index (χ1) is 12.5. The lowest BCUT2D eigenvalue weighted by molar-refractivity contribution is 0.101. The van der Waals surface area contributed by atoms with Crippen molar-refractivity contribution in [2.45, 2.75) is 0 Å². The van der Waals surface area contributed by atoms with E-state index in [1.165, 1.54) is 12.3 Å². The second-order valence-electron chi connectivity index (χ2n) is 5.37. The molecular formula is C19H14BrN3O3. The van der Waals surface area contributed by atoms with Gasteiger partial charge in [-0.05, 0) is 48.5 Å². The van der Waals surface area contributed by atoms with Crippen LogP contribution in [-0.4, -0.2) is 21.9 Å². The second kappa shape index (κ2) is 7.79. The molecule has 2 aromatic carbocycles. The summed E-state index contributed by atoms with van der Waals surface area (Å²) < 4.78 is 0.799. The molecule has 1 aromatic heterocycles. The van der Waals surface area contributed by atoms with Crippen molar-refractivity contribution in [2.24, 2.45) is 0 Å². The van der Waals surface area contributed by atoms with Crippen LogP contribution in [0.25, 0.3) is 0 Å². The molecule has 26 heavy (non-hydrogen) atoms. The van der Waals surface area contributed by atoms with Gasteiger partial charge in [0.25, 0.3) is 11.8 Å². The summed E-state index contributed by atoms with van der Waals surface area (Å²) in [5.41, 5.74) is 1.29. The predicted octanol–water partition coefficient (Wildman–Crippen LogP) is 4.05. The predicted molar refractivity (Wildman–Crippen MR) is 102 cm³/mol. The average Bonchev–Trinajstić information content (AvgIpc) is 2.64. The molecule has 2 amide bonds. The first kappa shape index (κ1) is 17.6. The topological polar surface area (TPSA) is 91.3 Å². The molecule has 0 aliphatic heterocycles. The van der Waals surface area contributed by atoms with E-state index in [1.807, 2.05) is 6.07 Å². The monoisotopic (exact) mass is 411 g/mol. The molecule has 3 N–H and O–H groups in total. The molecule has 3 rings (SSSR count). The van der Waals surface area contributed by atoms with Crippen LogP contribution in [0.4, 0.5) is 11.5 Å². The van der Waals surface area contributed by atoms with E-state index < -0.39 is 5.91 Å². The lowest BCUT2D eigenvalue weighted by atomic mass is 10.1. The van der Waals surface area contributed by atoms with Crippen molar-refractivity contribution in [3.05, 3.63) is 82.5 Å². The summed E-state index contributed by atoms with van der Waals surface area (Å²) >= 11 is 3.32. The van der Waals surface area contributed by atoms with Crippen LogP contribution < -0.4 is 10.6 Å². The Morgan fingerprint density at radius 3 is 2.31 bits per heavy atom. The van der Waals surface area contributed by atoms with Gasteiger partial charge >= 0.3 is 0 Å². The number of aromatic nitrogens is 1. The largest absolute Gasteiger partial charge is 0.504 e. The summed E-state index contributed by atoms with van der Waals surface area (Å²) in [4.78, 5) is 28.6. The second-order valence-corrected chi connectivity index (χ2v) is 6.29. The van der Waals surface area contributed by atoms with Crippen LogP contribution in [-0.2, 0) is 0 Å². The molecule has 0 atom stereocenters. The standard InChI is InChI=1S/C19H14BrN3O3/c20-14-6-1-4-12(10-14)18(25)22-15-7-2-5-13(11-15)19(26)23-17-16(24)8-3-9-21-17/h1-11,24H,(H,22,25)(H,21,23,26). The highest BCUT2D eigenvalue weighted by molar-refractivity contribution is 9.10. The van der Waals surface area contributed by atoms with Gasteiger partial charge in [-0.1, -0.05) is 28.1 Å². The highest BCUT2D eigenvalue weighted by atomic mass is 79.9. The summed E-state index contributed by atoms with van der Waals surface area (Å²) in [5.74, 6) is -0.787. The first-order valence-corrected chi connectivity index (χ1v) is 8.44. The van der Waals surface area contributed by atoms with Gasteiger partial charge in [-0.15, -0.1) is 0 Å². The van der Waals surface area contributed by atoms with Gasteiger partial charge in [0.05, 0.1) is 0 Å². The summed E-state index contributed by atoms with van der Waals surface area (Å²) in [5, 5.41) is 15.0. The van der Waals surface area contributed by atoms with E-state index in [0.29, 0.717) is 16.8 Å². The van der Waals surface area contributed by atoms with Crippen molar-refractivity contribution >= 4 is 39.2 Å². The van der Waals surface area contributed by atoms with Gasteiger partial charge in [0.1, 0.15) is 0 Å². The van der Waals surface area contributed by atoms with Gasteiger partial charge in [0, 0.05) is 27.5 Å². The van der Waals surface area contributed by atoms with Crippen LogP contribution in [0.5, 0.6) is 5.75 Å². The van der Waals surface area contributed by atoms with Crippen LogP contribution in [0, 0.1) is 0 Å². The van der Waals surface area contributed by atoms with Crippen molar-refractivity contribution in [1.29, 1.82) is 0 Å². The number of hydrogen-bond acceptors (Lipinski definition) is 4. The Morgan fingerprint density at radius 2 is 1.58 bits per heavy atom. The number of pyridine rings is 1. The van der Waals surface area contributed by atoms with E-state index in [2.05, 4.69) is 31.5 Å². The maximum Gasteiger partial charge on any atom is 0.256 e. The van der Waals surface area contributed by atoms with Crippen molar-refractivity contribution < 1.29 is 14.7 Å². The van der Waals surface area contributed by atoms with E-state index in [4.69, 9.17) is 0 Å². The molecule has 130 valence electrons. The zero-order valence-corrected chi connectivity index (χ0v) is 15.0. The normalized spacial score (nSPS) is 10.2. The third-order valence-corrected chi connectivity index (χ3v) is 3.98. The minimum Gasteiger partial charge on any atom is -0.504 e. The molecule has 0 fully saturated rings. The Hall–Kier alpha value is -3.19. The quantitative estimate of drug-likeness (QED) is 0.603. The lowest BCUT2D eigenvalue weighted by Crippen LogP contribution is -2.15. The number of hydrogen-bond donors (Lipinski definition) is 3. The molecule has 0 unspecified atom stereocenters. The van der Waals surface area contributed by atoms with Crippen molar-refractivity contribution in [3.8, 4) is 5.75 Å². The molecule has 3 aromatic rings. The Kier molecular flexibility index (Phi) is 5.28. The molecule has 0 aliphatic rings. The molecule has 0 bridgehead atoms. The number of rotatable bonds is 4. The van der Waals surface area contributed by atoms with E-state index in [0.717, 1.165) is 4.47 Å². The SMILES string of the molecule is O=C(Nc1cccc(C(=O)Nc2ncccc2O)c1)c1cccc(Br)c1. The molecule has 6 nitrogen and oxygen atoms in total. The minimum absolute atomic E-state index is 0.0704. The summed E-state index contributed by atoms with van der Waals surface area (Å²) in [6, 6.07) is 16.5.